The molecule has 0 amide bonds. The van der Waals surface area contributed by atoms with Crippen LogP contribution in [0.15, 0.2) is 30.3 Å². The number of rotatable bonds is 12. The molecule has 2 aliphatic rings. The standard InChI is InChI=1S/C29H52BNO3Si/c1-23(2)20-25(18-17-24-14-11-10-12-15-24)27(30-33-28(3,4)29(5,6)34-30)35(8,9)22-31-19-13-16-26(31)21-32-7/h10-12,14-15,23,25-27H,13,16-22H2,1-9H3/t25-,26-,27+/m0/s1. The Balaban J connectivity index is 1.91. The number of hydrogen-bond donors (Lipinski definition) is 0. The van der Waals surface area contributed by atoms with Crippen LogP contribution in [-0.4, -0.2) is 63.8 Å². The molecule has 0 aromatic heterocycles. The van der Waals surface area contributed by atoms with E-state index in [-0.39, 0.29) is 18.3 Å². The van der Waals surface area contributed by atoms with Crippen LogP contribution >= 0.6 is 0 Å². The molecule has 35 heavy (non-hydrogen) atoms. The molecule has 0 bridgehead atoms. The minimum atomic E-state index is -1.81. The second kappa shape index (κ2) is 11.8. The summed E-state index contributed by atoms with van der Waals surface area (Å²) in [4.78, 5) is 2.73. The predicted octanol–water partition coefficient (Wildman–Crippen LogP) is 6.64. The van der Waals surface area contributed by atoms with Gasteiger partial charge in [0.05, 0.1) is 25.9 Å². The Bertz CT molecular complexity index is 769. The highest BCUT2D eigenvalue weighted by Gasteiger charge is 2.58. The number of likely N-dealkylation sites (tertiary alicyclic amines) is 1. The predicted molar refractivity (Wildman–Crippen MR) is 151 cm³/mol. The summed E-state index contributed by atoms with van der Waals surface area (Å²) in [5.74, 6) is 1.23. The normalized spacial score (nSPS) is 24.3. The average molecular weight is 502 g/mol. The van der Waals surface area contributed by atoms with Crippen LogP contribution in [0.4, 0.5) is 0 Å². The Hall–Kier alpha value is -0.658. The highest BCUT2D eigenvalue weighted by Crippen LogP contribution is 2.48. The molecule has 2 saturated heterocycles. The van der Waals surface area contributed by atoms with Gasteiger partial charge in [-0.2, -0.15) is 0 Å². The fraction of sp³-hybridized carbons (Fsp3) is 0.793. The first-order chi connectivity index (χ1) is 16.4. The molecule has 0 radical (unpaired) electrons. The monoisotopic (exact) mass is 501 g/mol. The van der Waals surface area contributed by atoms with Gasteiger partial charge in [0.25, 0.3) is 0 Å². The number of hydrogen-bond acceptors (Lipinski definition) is 4. The molecule has 0 spiro atoms. The van der Waals surface area contributed by atoms with Gasteiger partial charge in [0.15, 0.2) is 0 Å². The number of nitrogens with zero attached hydrogens (tertiary/aromatic N) is 1. The largest absolute Gasteiger partial charge is 0.458 e. The molecule has 2 fully saturated rings. The second-order valence-corrected chi connectivity index (χ2v) is 18.2. The smallest absolute Gasteiger partial charge is 0.403 e. The van der Waals surface area contributed by atoms with Crippen LogP contribution < -0.4 is 0 Å². The van der Waals surface area contributed by atoms with Crippen LogP contribution in [0.5, 0.6) is 0 Å². The fourth-order valence-corrected chi connectivity index (χ4v) is 10.5. The van der Waals surface area contributed by atoms with Gasteiger partial charge in [-0.05, 0) is 95.4 Å². The lowest BCUT2D eigenvalue weighted by Gasteiger charge is -2.43. The number of benzene rings is 1. The molecule has 198 valence electrons. The van der Waals surface area contributed by atoms with E-state index in [1.807, 2.05) is 7.11 Å². The number of methoxy groups -OCH3 is 1. The van der Waals surface area contributed by atoms with Gasteiger partial charge in [0, 0.05) is 13.2 Å². The van der Waals surface area contributed by atoms with E-state index in [0.29, 0.717) is 23.3 Å². The Morgan fingerprint density at radius 2 is 1.71 bits per heavy atom. The number of ether oxygens (including phenoxy) is 1. The molecule has 0 unspecified atom stereocenters. The third-order valence-corrected chi connectivity index (χ3v) is 12.6. The maximum absolute atomic E-state index is 6.84. The Morgan fingerprint density at radius 1 is 1.09 bits per heavy atom. The zero-order valence-corrected chi connectivity index (χ0v) is 25.1. The van der Waals surface area contributed by atoms with Crippen molar-refractivity contribution >= 4 is 15.2 Å². The highest BCUT2D eigenvalue weighted by molar-refractivity contribution is 6.88. The average Bonchev–Trinajstić information content (AvgIpc) is 3.26. The van der Waals surface area contributed by atoms with E-state index in [0.717, 1.165) is 13.0 Å². The molecule has 3 rings (SSSR count). The van der Waals surface area contributed by atoms with Crippen molar-refractivity contribution in [2.75, 3.05) is 26.4 Å². The van der Waals surface area contributed by atoms with Crippen LogP contribution in [0.1, 0.15) is 72.8 Å². The van der Waals surface area contributed by atoms with Crippen molar-refractivity contribution in [3.63, 3.8) is 0 Å². The summed E-state index contributed by atoms with van der Waals surface area (Å²) >= 11 is 0. The first-order valence-electron chi connectivity index (χ1n) is 14.0. The molecule has 3 atom stereocenters. The van der Waals surface area contributed by atoms with E-state index in [1.54, 1.807) is 0 Å². The summed E-state index contributed by atoms with van der Waals surface area (Å²) in [6.07, 6.45) is 7.25. The first kappa shape index (κ1) is 28.9. The van der Waals surface area contributed by atoms with E-state index >= 15 is 0 Å². The topological polar surface area (TPSA) is 30.9 Å². The van der Waals surface area contributed by atoms with Crippen molar-refractivity contribution < 1.29 is 14.0 Å². The minimum Gasteiger partial charge on any atom is -0.403 e. The summed E-state index contributed by atoms with van der Waals surface area (Å²) in [5.41, 5.74) is 1.29. The van der Waals surface area contributed by atoms with E-state index in [4.69, 9.17) is 14.0 Å². The maximum atomic E-state index is 6.84. The van der Waals surface area contributed by atoms with Crippen LogP contribution in [-0.2, 0) is 20.5 Å². The Labute approximate surface area is 217 Å². The number of aryl methyl sites for hydroxylation is 1. The van der Waals surface area contributed by atoms with Crippen molar-refractivity contribution in [1.29, 1.82) is 0 Å². The van der Waals surface area contributed by atoms with Gasteiger partial charge >= 0.3 is 7.12 Å². The van der Waals surface area contributed by atoms with Gasteiger partial charge in [-0.15, -0.1) is 0 Å². The van der Waals surface area contributed by atoms with Crippen LogP contribution in [0.3, 0.4) is 0 Å². The van der Waals surface area contributed by atoms with Gasteiger partial charge < -0.3 is 18.9 Å². The lowest BCUT2D eigenvalue weighted by Crippen LogP contribution is -2.55. The molecule has 2 heterocycles. The molecule has 1 aromatic rings. The summed E-state index contributed by atoms with van der Waals surface area (Å²) in [6, 6.07) is 11.6. The summed E-state index contributed by atoms with van der Waals surface area (Å²) in [5, 5.41) is 0. The second-order valence-electron chi connectivity index (χ2n) is 13.3. The van der Waals surface area contributed by atoms with Crippen molar-refractivity contribution in [3.05, 3.63) is 35.9 Å². The minimum absolute atomic E-state index is 0.135. The molecule has 0 N–H and O–H groups in total. The van der Waals surface area contributed by atoms with Gasteiger partial charge in [0.2, 0.25) is 0 Å². The molecule has 1 aromatic carbocycles. The lowest BCUT2D eigenvalue weighted by atomic mass is 9.71. The quantitative estimate of drug-likeness (QED) is 0.300. The van der Waals surface area contributed by atoms with Crippen LogP contribution in [0, 0.1) is 11.8 Å². The van der Waals surface area contributed by atoms with Gasteiger partial charge in [-0.25, -0.2) is 0 Å². The molecule has 2 aliphatic heterocycles. The van der Waals surface area contributed by atoms with E-state index in [1.165, 1.54) is 44.0 Å². The van der Waals surface area contributed by atoms with Crippen molar-refractivity contribution in [2.45, 2.75) is 109 Å². The van der Waals surface area contributed by atoms with Gasteiger partial charge in [-0.1, -0.05) is 57.3 Å². The Morgan fingerprint density at radius 3 is 2.29 bits per heavy atom. The molecular formula is C29H52BNO3Si. The lowest BCUT2D eigenvalue weighted by molar-refractivity contribution is 0.00578. The molecule has 6 heteroatoms. The summed E-state index contributed by atoms with van der Waals surface area (Å²) in [6.45, 7) is 20.8. The SMILES string of the molecule is COC[C@@H]1CCCN1C[Si](C)(C)[C@@H](B1OC(C)(C)C(C)(C)O1)[C@@H](CCc1ccccc1)CC(C)C. The van der Waals surface area contributed by atoms with Crippen LogP contribution in [0.25, 0.3) is 0 Å². The molecule has 0 saturated carbocycles. The highest BCUT2D eigenvalue weighted by atomic mass is 28.3. The first-order valence-corrected chi connectivity index (χ1v) is 17.3. The molecular weight excluding hydrogens is 449 g/mol. The third kappa shape index (κ3) is 7.22. The van der Waals surface area contributed by atoms with Gasteiger partial charge in [0.1, 0.15) is 0 Å². The summed E-state index contributed by atoms with van der Waals surface area (Å²) in [7, 11) is -0.0992. The van der Waals surface area contributed by atoms with E-state index in [9.17, 15) is 0 Å². The Kier molecular flexibility index (Phi) is 9.75. The van der Waals surface area contributed by atoms with Gasteiger partial charge in [-0.3, -0.25) is 0 Å². The van der Waals surface area contributed by atoms with E-state index < -0.39 is 8.07 Å². The van der Waals surface area contributed by atoms with Crippen molar-refractivity contribution in [3.8, 4) is 0 Å². The van der Waals surface area contributed by atoms with Crippen LogP contribution in [0.2, 0.25) is 18.5 Å². The molecule has 0 aliphatic carbocycles. The zero-order valence-electron chi connectivity index (χ0n) is 24.1. The van der Waals surface area contributed by atoms with Crippen molar-refractivity contribution in [1.82, 2.24) is 4.90 Å². The summed E-state index contributed by atoms with van der Waals surface area (Å²) < 4.78 is 19.3. The fourth-order valence-electron chi connectivity index (χ4n) is 6.42. The van der Waals surface area contributed by atoms with E-state index in [2.05, 4.69) is 89.9 Å². The third-order valence-electron chi connectivity index (χ3n) is 8.86. The zero-order chi connectivity index (χ0) is 25.9. The maximum Gasteiger partial charge on any atom is 0.458 e. The molecule has 4 nitrogen and oxygen atoms in total. The van der Waals surface area contributed by atoms with Crippen molar-refractivity contribution in [2.24, 2.45) is 11.8 Å².